The molecular weight excluding hydrogens is 430 g/mol. The van der Waals surface area contributed by atoms with E-state index < -0.39 is 23.4 Å². The molecule has 8 heteroatoms. The number of methoxy groups -OCH3 is 1. The molecule has 0 unspecified atom stereocenters. The van der Waals surface area contributed by atoms with Crippen molar-refractivity contribution in [3.8, 4) is 11.5 Å². The fraction of sp³-hybridized carbons (Fsp3) is 0.120. The summed E-state index contributed by atoms with van der Waals surface area (Å²) in [4.78, 5) is 27.5. The van der Waals surface area contributed by atoms with Crippen molar-refractivity contribution >= 4 is 28.8 Å². The van der Waals surface area contributed by atoms with Crippen LogP contribution in [-0.2, 0) is 9.59 Å². The Bertz CT molecular complexity index is 1270. The Morgan fingerprint density at radius 2 is 1.73 bits per heavy atom. The molecule has 3 aromatic rings. The SMILES string of the molecule is CCOc1cccc(NC2=C(c3ccccc3OC)C(=O)N(c3ccc(F)cc3F)C2=O)c1. The monoisotopic (exact) mass is 450 g/mol. The molecule has 4 rings (SSSR count). The lowest BCUT2D eigenvalue weighted by Crippen LogP contribution is -2.33. The van der Waals surface area contributed by atoms with Crippen molar-refractivity contribution in [2.45, 2.75) is 6.92 Å². The van der Waals surface area contributed by atoms with Gasteiger partial charge in [0.1, 0.15) is 28.8 Å². The number of nitrogens with zero attached hydrogens (tertiary/aromatic N) is 1. The van der Waals surface area contributed by atoms with E-state index in [9.17, 15) is 18.4 Å². The number of hydrogen-bond acceptors (Lipinski definition) is 5. The third-order valence-corrected chi connectivity index (χ3v) is 5.03. The molecular formula is C25H20F2N2O4. The van der Waals surface area contributed by atoms with Crippen LogP contribution in [0, 0.1) is 11.6 Å². The highest BCUT2D eigenvalue weighted by molar-refractivity contribution is 6.46. The molecule has 0 atom stereocenters. The molecule has 168 valence electrons. The Morgan fingerprint density at radius 3 is 2.45 bits per heavy atom. The number of rotatable bonds is 7. The van der Waals surface area contributed by atoms with E-state index in [1.54, 1.807) is 48.5 Å². The molecule has 1 aliphatic heterocycles. The number of para-hydroxylation sites is 1. The van der Waals surface area contributed by atoms with Gasteiger partial charge in [-0.2, -0.15) is 0 Å². The van der Waals surface area contributed by atoms with Gasteiger partial charge in [0.05, 0.1) is 25.0 Å². The third-order valence-electron chi connectivity index (χ3n) is 5.03. The van der Waals surface area contributed by atoms with E-state index >= 15 is 0 Å². The number of anilines is 2. The Morgan fingerprint density at radius 1 is 0.939 bits per heavy atom. The van der Waals surface area contributed by atoms with Crippen molar-refractivity contribution in [2.75, 3.05) is 23.9 Å². The summed E-state index contributed by atoms with van der Waals surface area (Å²) >= 11 is 0. The average molecular weight is 450 g/mol. The van der Waals surface area contributed by atoms with Gasteiger partial charge in [0.15, 0.2) is 0 Å². The quantitative estimate of drug-likeness (QED) is 0.526. The van der Waals surface area contributed by atoms with Crippen LogP contribution in [0.3, 0.4) is 0 Å². The van der Waals surface area contributed by atoms with E-state index in [2.05, 4.69) is 5.32 Å². The number of amides is 2. The standard InChI is InChI=1S/C25H20F2N2O4/c1-3-33-17-8-6-7-16(14-17)28-23-22(18-9-4-5-10-21(18)32-2)24(30)29(25(23)31)20-12-11-15(26)13-19(20)27/h4-14,28H,3H2,1-2H3. The van der Waals surface area contributed by atoms with Crippen LogP contribution in [0.25, 0.3) is 5.57 Å². The van der Waals surface area contributed by atoms with Gasteiger partial charge in [0, 0.05) is 23.4 Å². The number of nitrogens with one attached hydrogen (secondary N) is 1. The average Bonchev–Trinajstić information content (AvgIpc) is 3.04. The number of hydrogen-bond donors (Lipinski definition) is 1. The fourth-order valence-electron chi connectivity index (χ4n) is 3.60. The minimum absolute atomic E-state index is 0.00277. The van der Waals surface area contributed by atoms with Gasteiger partial charge in [-0.3, -0.25) is 9.59 Å². The fourth-order valence-corrected chi connectivity index (χ4v) is 3.60. The minimum Gasteiger partial charge on any atom is -0.496 e. The maximum atomic E-state index is 14.5. The van der Waals surface area contributed by atoms with Crippen molar-refractivity contribution in [1.29, 1.82) is 0 Å². The Balaban J connectivity index is 1.85. The van der Waals surface area contributed by atoms with E-state index in [1.165, 1.54) is 7.11 Å². The van der Waals surface area contributed by atoms with Crippen LogP contribution in [0.4, 0.5) is 20.2 Å². The number of ether oxygens (including phenoxy) is 2. The first kappa shape index (κ1) is 22.0. The molecule has 6 nitrogen and oxygen atoms in total. The number of imide groups is 1. The first-order chi connectivity index (χ1) is 15.9. The van der Waals surface area contributed by atoms with Crippen molar-refractivity contribution < 1.29 is 27.8 Å². The highest BCUT2D eigenvalue weighted by Crippen LogP contribution is 2.38. The normalized spacial score (nSPS) is 13.5. The zero-order chi connectivity index (χ0) is 23.5. The molecule has 0 saturated heterocycles. The summed E-state index contributed by atoms with van der Waals surface area (Å²) in [6, 6.07) is 16.2. The summed E-state index contributed by atoms with van der Waals surface area (Å²) < 4.78 is 38.9. The Kier molecular flexibility index (Phi) is 6.08. The second-order valence-electron chi connectivity index (χ2n) is 7.08. The molecule has 0 saturated carbocycles. The second-order valence-corrected chi connectivity index (χ2v) is 7.08. The number of carbonyl (C=O) groups is 2. The molecule has 33 heavy (non-hydrogen) atoms. The van der Waals surface area contributed by atoms with Crippen molar-refractivity contribution in [3.05, 3.63) is 89.6 Å². The highest BCUT2D eigenvalue weighted by Gasteiger charge is 2.42. The first-order valence-corrected chi connectivity index (χ1v) is 10.2. The zero-order valence-electron chi connectivity index (χ0n) is 17.9. The molecule has 1 aliphatic rings. The van der Waals surface area contributed by atoms with Crippen molar-refractivity contribution in [2.24, 2.45) is 0 Å². The Labute approximate surface area is 189 Å². The molecule has 3 aromatic carbocycles. The maximum Gasteiger partial charge on any atom is 0.282 e. The summed E-state index contributed by atoms with van der Waals surface area (Å²) in [6.07, 6.45) is 0. The van der Waals surface area contributed by atoms with Crippen LogP contribution >= 0.6 is 0 Å². The molecule has 1 N–H and O–H groups in total. The van der Waals surface area contributed by atoms with Crippen LogP contribution in [0.2, 0.25) is 0 Å². The van der Waals surface area contributed by atoms with Gasteiger partial charge < -0.3 is 14.8 Å². The molecule has 0 fully saturated rings. The van der Waals surface area contributed by atoms with Gasteiger partial charge >= 0.3 is 0 Å². The van der Waals surface area contributed by atoms with Gasteiger partial charge in [-0.15, -0.1) is 0 Å². The minimum atomic E-state index is -1.03. The van der Waals surface area contributed by atoms with Gasteiger partial charge in [-0.05, 0) is 37.3 Å². The molecule has 0 aliphatic carbocycles. The van der Waals surface area contributed by atoms with E-state index in [4.69, 9.17) is 9.47 Å². The second kappa shape index (κ2) is 9.12. The molecule has 0 bridgehead atoms. The van der Waals surface area contributed by atoms with Crippen molar-refractivity contribution in [1.82, 2.24) is 0 Å². The third kappa shape index (κ3) is 4.15. The summed E-state index contributed by atoms with van der Waals surface area (Å²) in [6.45, 7) is 2.30. The molecule has 0 spiro atoms. The van der Waals surface area contributed by atoms with E-state index in [0.29, 0.717) is 40.3 Å². The van der Waals surface area contributed by atoms with Gasteiger partial charge in [-0.25, -0.2) is 13.7 Å². The number of carbonyl (C=O) groups excluding carboxylic acids is 2. The smallest absolute Gasteiger partial charge is 0.282 e. The van der Waals surface area contributed by atoms with Gasteiger partial charge in [0.2, 0.25) is 0 Å². The summed E-state index contributed by atoms with van der Waals surface area (Å²) in [5.74, 6) is -2.47. The topological polar surface area (TPSA) is 67.9 Å². The maximum absolute atomic E-state index is 14.5. The van der Waals surface area contributed by atoms with Crippen LogP contribution < -0.4 is 19.7 Å². The number of benzene rings is 3. The van der Waals surface area contributed by atoms with Crippen LogP contribution in [0.5, 0.6) is 11.5 Å². The lowest BCUT2D eigenvalue weighted by Gasteiger charge is -2.16. The molecule has 0 radical (unpaired) electrons. The van der Waals surface area contributed by atoms with Crippen LogP contribution in [0.1, 0.15) is 12.5 Å². The molecule has 1 heterocycles. The van der Waals surface area contributed by atoms with E-state index in [-0.39, 0.29) is 17.0 Å². The molecule has 2 amide bonds. The lowest BCUT2D eigenvalue weighted by atomic mass is 10.0. The highest BCUT2D eigenvalue weighted by atomic mass is 19.1. The predicted molar refractivity (Wildman–Crippen MR) is 120 cm³/mol. The Hall–Kier alpha value is -4.20. The van der Waals surface area contributed by atoms with E-state index in [0.717, 1.165) is 12.1 Å². The van der Waals surface area contributed by atoms with Crippen LogP contribution in [0.15, 0.2) is 72.4 Å². The summed E-state index contributed by atoms with van der Waals surface area (Å²) in [5, 5.41) is 2.99. The lowest BCUT2D eigenvalue weighted by molar-refractivity contribution is -0.120. The molecule has 0 aromatic heterocycles. The predicted octanol–water partition coefficient (Wildman–Crippen LogP) is 4.77. The zero-order valence-corrected chi connectivity index (χ0v) is 17.9. The summed E-state index contributed by atoms with van der Waals surface area (Å²) in [7, 11) is 1.44. The van der Waals surface area contributed by atoms with Gasteiger partial charge in [0.25, 0.3) is 11.8 Å². The van der Waals surface area contributed by atoms with Crippen molar-refractivity contribution in [3.63, 3.8) is 0 Å². The van der Waals surface area contributed by atoms with E-state index in [1.807, 2.05) is 6.92 Å². The number of halogens is 2. The first-order valence-electron chi connectivity index (χ1n) is 10.2. The summed E-state index contributed by atoms with van der Waals surface area (Å²) in [5.41, 5.74) is 0.432. The van der Waals surface area contributed by atoms with Crippen LogP contribution in [-0.4, -0.2) is 25.5 Å². The van der Waals surface area contributed by atoms with Gasteiger partial charge in [-0.1, -0.05) is 24.3 Å². The largest absolute Gasteiger partial charge is 0.496 e.